The fourth-order valence-corrected chi connectivity index (χ4v) is 3.67. The zero-order valence-corrected chi connectivity index (χ0v) is 15.5. The summed E-state index contributed by atoms with van der Waals surface area (Å²) in [7, 11) is 0. The molecule has 2 aromatic heterocycles. The third-order valence-corrected chi connectivity index (χ3v) is 5.12. The minimum absolute atomic E-state index is 0.709. The molecule has 5 heteroatoms. The zero-order valence-electron chi connectivity index (χ0n) is 14.7. The average Bonchev–Trinajstić information content (AvgIpc) is 3.30. The van der Waals surface area contributed by atoms with Gasteiger partial charge in [0.1, 0.15) is 0 Å². The maximum atomic E-state index is 5.57. The molecule has 4 rings (SSSR count). The van der Waals surface area contributed by atoms with Crippen LogP contribution in [0.3, 0.4) is 0 Å². The molecule has 0 spiro atoms. The molecule has 0 N–H and O–H groups in total. The lowest BCUT2D eigenvalue weighted by Gasteiger charge is -2.10. The van der Waals surface area contributed by atoms with Gasteiger partial charge in [-0.2, -0.15) is 0 Å². The molecule has 0 atom stereocenters. The van der Waals surface area contributed by atoms with Crippen molar-refractivity contribution in [2.45, 2.75) is 24.8 Å². The standard InChI is InChI=1S/C21H19N3OS/c1-15-8-10-17(11-9-15)14-26-21-23-22-20(19-7-4-12-25-19)24(21)18-6-3-5-16(2)13-18/h3-13H,14H2,1-2H3. The Balaban J connectivity index is 1.71. The molecule has 2 aromatic carbocycles. The van der Waals surface area contributed by atoms with Crippen molar-refractivity contribution >= 4 is 11.8 Å². The Hall–Kier alpha value is -2.79. The van der Waals surface area contributed by atoms with Crippen LogP contribution in [0.25, 0.3) is 17.3 Å². The van der Waals surface area contributed by atoms with Gasteiger partial charge in [0.25, 0.3) is 0 Å². The van der Waals surface area contributed by atoms with E-state index in [0.717, 1.165) is 16.6 Å². The maximum Gasteiger partial charge on any atom is 0.205 e. The van der Waals surface area contributed by atoms with E-state index in [1.165, 1.54) is 16.7 Å². The highest BCUT2D eigenvalue weighted by Crippen LogP contribution is 2.30. The third kappa shape index (κ3) is 3.44. The van der Waals surface area contributed by atoms with E-state index in [0.29, 0.717) is 11.6 Å². The van der Waals surface area contributed by atoms with Crippen molar-refractivity contribution in [2.75, 3.05) is 0 Å². The van der Waals surface area contributed by atoms with Gasteiger partial charge in [0, 0.05) is 5.75 Å². The molecule has 26 heavy (non-hydrogen) atoms. The molecule has 0 fully saturated rings. The van der Waals surface area contributed by atoms with Crippen molar-refractivity contribution in [2.24, 2.45) is 0 Å². The normalized spacial score (nSPS) is 11.0. The maximum absolute atomic E-state index is 5.57. The first-order chi connectivity index (χ1) is 12.7. The molecule has 4 nitrogen and oxygen atoms in total. The number of aromatic nitrogens is 3. The lowest BCUT2D eigenvalue weighted by atomic mass is 10.2. The van der Waals surface area contributed by atoms with Crippen LogP contribution in [0.1, 0.15) is 16.7 Å². The summed E-state index contributed by atoms with van der Waals surface area (Å²) < 4.78 is 7.63. The number of hydrogen-bond acceptors (Lipinski definition) is 4. The second-order valence-electron chi connectivity index (χ2n) is 6.23. The zero-order chi connectivity index (χ0) is 17.9. The lowest BCUT2D eigenvalue weighted by Crippen LogP contribution is -1.99. The van der Waals surface area contributed by atoms with Gasteiger partial charge in [-0.1, -0.05) is 53.7 Å². The predicted octanol–water partition coefficient (Wildman–Crippen LogP) is 5.44. The second kappa shape index (κ2) is 7.22. The molecule has 0 aliphatic rings. The number of furan rings is 1. The highest BCUT2D eigenvalue weighted by Gasteiger charge is 2.18. The van der Waals surface area contributed by atoms with E-state index in [4.69, 9.17) is 4.42 Å². The molecule has 130 valence electrons. The quantitative estimate of drug-likeness (QED) is 0.444. The van der Waals surface area contributed by atoms with Gasteiger partial charge in [0.2, 0.25) is 5.82 Å². The van der Waals surface area contributed by atoms with Gasteiger partial charge >= 0.3 is 0 Å². The summed E-state index contributed by atoms with van der Waals surface area (Å²) in [5.41, 5.74) is 4.75. The van der Waals surface area contributed by atoms with E-state index in [1.54, 1.807) is 18.0 Å². The number of benzene rings is 2. The molecule has 4 aromatic rings. The average molecular weight is 361 g/mol. The van der Waals surface area contributed by atoms with Crippen LogP contribution in [-0.2, 0) is 5.75 Å². The number of hydrogen-bond donors (Lipinski definition) is 0. The van der Waals surface area contributed by atoms with Crippen LogP contribution < -0.4 is 0 Å². The topological polar surface area (TPSA) is 43.9 Å². The van der Waals surface area contributed by atoms with Crippen LogP contribution in [-0.4, -0.2) is 14.8 Å². The molecule has 0 unspecified atom stereocenters. The summed E-state index contributed by atoms with van der Waals surface area (Å²) in [6, 6.07) is 20.7. The van der Waals surface area contributed by atoms with Crippen LogP contribution >= 0.6 is 11.8 Å². The second-order valence-corrected chi connectivity index (χ2v) is 7.17. The summed E-state index contributed by atoms with van der Waals surface area (Å²) >= 11 is 1.67. The van der Waals surface area contributed by atoms with Crippen LogP contribution in [0.5, 0.6) is 0 Å². The van der Waals surface area contributed by atoms with Gasteiger partial charge in [-0.05, 0) is 49.2 Å². The van der Waals surface area contributed by atoms with Crippen LogP contribution in [0.2, 0.25) is 0 Å². The monoisotopic (exact) mass is 361 g/mol. The Morgan fingerprint density at radius 1 is 0.923 bits per heavy atom. The first kappa shape index (κ1) is 16.7. The summed E-state index contributed by atoms with van der Waals surface area (Å²) in [5.74, 6) is 2.26. The summed E-state index contributed by atoms with van der Waals surface area (Å²) in [4.78, 5) is 0. The number of nitrogens with zero attached hydrogens (tertiary/aromatic N) is 3. The van der Waals surface area contributed by atoms with Crippen molar-refractivity contribution in [3.63, 3.8) is 0 Å². The van der Waals surface area contributed by atoms with Crippen molar-refractivity contribution in [1.82, 2.24) is 14.8 Å². The first-order valence-electron chi connectivity index (χ1n) is 8.45. The fraction of sp³-hybridized carbons (Fsp3) is 0.143. The van der Waals surface area contributed by atoms with Crippen LogP contribution in [0.4, 0.5) is 0 Å². The third-order valence-electron chi connectivity index (χ3n) is 4.12. The van der Waals surface area contributed by atoms with Gasteiger partial charge in [-0.15, -0.1) is 10.2 Å². The van der Waals surface area contributed by atoms with E-state index >= 15 is 0 Å². The molecule has 0 amide bonds. The minimum Gasteiger partial charge on any atom is -0.461 e. The summed E-state index contributed by atoms with van der Waals surface area (Å²) in [5, 5.41) is 9.67. The highest BCUT2D eigenvalue weighted by molar-refractivity contribution is 7.98. The summed E-state index contributed by atoms with van der Waals surface area (Å²) in [6.07, 6.45) is 1.66. The van der Waals surface area contributed by atoms with Crippen LogP contribution in [0.15, 0.2) is 76.5 Å². The van der Waals surface area contributed by atoms with Gasteiger partial charge in [-0.25, -0.2) is 0 Å². The van der Waals surface area contributed by atoms with Crippen LogP contribution in [0, 0.1) is 13.8 Å². The van der Waals surface area contributed by atoms with E-state index in [9.17, 15) is 0 Å². The van der Waals surface area contributed by atoms with E-state index < -0.39 is 0 Å². The van der Waals surface area contributed by atoms with Crippen molar-refractivity contribution in [1.29, 1.82) is 0 Å². The fourth-order valence-electron chi connectivity index (χ4n) is 2.76. The van der Waals surface area contributed by atoms with Gasteiger partial charge in [-0.3, -0.25) is 4.57 Å². The first-order valence-corrected chi connectivity index (χ1v) is 9.44. The molecule has 0 aliphatic carbocycles. The molecular formula is C21H19N3OS. The van der Waals surface area contributed by atoms with Gasteiger partial charge in [0.15, 0.2) is 10.9 Å². The van der Waals surface area contributed by atoms with Gasteiger partial charge < -0.3 is 4.42 Å². The molecule has 0 saturated carbocycles. The van der Waals surface area contributed by atoms with E-state index in [1.807, 2.05) is 18.2 Å². The lowest BCUT2D eigenvalue weighted by molar-refractivity contribution is 0.575. The predicted molar refractivity (Wildman–Crippen MR) is 105 cm³/mol. The number of rotatable bonds is 5. The largest absolute Gasteiger partial charge is 0.461 e. The molecule has 0 saturated heterocycles. The molecule has 0 aliphatic heterocycles. The minimum atomic E-state index is 0.709. The molecule has 0 bridgehead atoms. The van der Waals surface area contributed by atoms with Crippen molar-refractivity contribution < 1.29 is 4.42 Å². The smallest absolute Gasteiger partial charge is 0.205 e. The SMILES string of the molecule is Cc1ccc(CSc2nnc(-c3ccco3)n2-c2cccc(C)c2)cc1. The van der Waals surface area contributed by atoms with Crippen molar-refractivity contribution in [3.05, 3.63) is 83.6 Å². The van der Waals surface area contributed by atoms with E-state index in [2.05, 4.69) is 71.1 Å². The Labute approximate surface area is 156 Å². The number of aryl methyl sites for hydroxylation is 2. The Morgan fingerprint density at radius 3 is 2.50 bits per heavy atom. The molecule has 0 radical (unpaired) electrons. The van der Waals surface area contributed by atoms with Crippen molar-refractivity contribution in [3.8, 4) is 17.3 Å². The Kier molecular flexibility index (Phi) is 4.63. The molecular weight excluding hydrogens is 342 g/mol. The Morgan fingerprint density at radius 2 is 1.77 bits per heavy atom. The van der Waals surface area contributed by atoms with E-state index in [-0.39, 0.29) is 0 Å². The van der Waals surface area contributed by atoms with Gasteiger partial charge in [0.05, 0.1) is 12.0 Å². The number of thioether (sulfide) groups is 1. The Bertz CT molecular complexity index is 1000. The highest BCUT2D eigenvalue weighted by atomic mass is 32.2. The molecule has 2 heterocycles. The summed E-state index contributed by atoms with van der Waals surface area (Å²) in [6.45, 7) is 4.18.